The number of hydrogen-bond donors (Lipinski definition) is 0. The minimum absolute atomic E-state index is 0.338. The summed E-state index contributed by atoms with van der Waals surface area (Å²) < 4.78 is 6.87. The summed E-state index contributed by atoms with van der Waals surface area (Å²) in [6.45, 7) is 5.20. The van der Waals surface area contributed by atoms with Crippen LogP contribution in [0.1, 0.15) is 95.6 Å². The molecular formula is C29H42O. The Hall–Kier alpha value is -1.60. The first-order chi connectivity index (χ1) is 14.8. The zero-order chi connectivity index (χ0) is 21.1. The van der Waals surface area contributed by atoms with Gasteiger partial charge in [-0.05, 0) is 36.3 Å². The maximum Gasteiger partial charge on any atom is 0.121 e. The maximum atomic E-state index is 6.87. The zero-order valence-corrected chi connectivity index (χ0v) is 19.3. The molecule has 0 spiro atoms. The van der Waals surface area contributed by atoms with E-state index in [4.69, 9.17) is 4.74 Å². The third kappa shape index (κ3) is 5.55. The van der Waals surface area contributed by atoms with Gasteiger partial charge >= 0.3 is 0 Å². The molecule has 0 bridgehead atoms. The molecule has 2 aromatic carbocycles. The maximum absolute atomic E-state index is 6.87. The lowest BCUT2D eigenvalue weighted by atomic mass is 9.67. The first-order valence-corrected chi connectivity index (χ1v) is 12.6. The van der Waals surface area contributed by atoms with Crippen molar-refractivity contribution in [3.63, 3.8) is 0 Å². The molecule has 0 radical (unpaired) electrons. The standard InChI is InChI=1S/C29H42O/c1-3-5-6-7-8-15-24-28(25-18-16-17-19-25)29(30-4-2,26-20-11-9-12-21-26)27-22-13-10-14-23-27/h9-14,20-23,25,28H,3-8,15-19,24H2,1-2H3. The van der Waals surface area contributed by atoms with Crippen LogP contribution in [-0.4, -0.2) is 6.61 Å². The number of unbranched alkanes of at least 4 members (excludes halogenated alkanes) is 5. The van der Waals surface area contributed by atoms with E-state index in [1.54, 1.807) is 0 Å². The van der Waals surface area contributed by atoms with Gasteiger partial charge in [0, 0.05) is 6.61 Å². The van der Waals surface area contributed by atoms with Crippen molar-refractivity contribution in [2.45, 2.75) is 90.1 Å². The number of benzene rings is 2. The molecule has 0 aromatic heterocycles. The lowest BCUT2D eigenvalue weighted by Crippen LogP contribution is -2.43. The Bertz CT molecular complexity index is 647. The van der Waals surface area contributed by atoms with Crippen molar-refractivity contribution in [3.05, 3.63) is 71.8 Å². The summed E-state index contributed by atoms with van der Waals surface area (Å²) in [5, 5.41) is 0. The smallest absolute Gasteiger partial charge is 0.121 e. The lowest BCUT2D eigenvalue weighted by molar-refractivity contribution is -0.0778. The number of hydrogen-bond acceptors (Lipinski definition) is 1. The largest absolute Gasteiger partial charge is 0.366 e. The Labute approximate surface area is 185 Å². The quantitative estimate of drug-likeness (QED) is 0.303. The molecule has 0 aliphatic heterocycles. The molecule has 1 heteroatoms. The molecule has 1 aliphatic carbocycles. The lowest BCUT2D eigenvalue weighted by Gasteiger charge is -2.45. The van der Waals surface area contributed by atoms with Gasteiger partial charge in [-0.1, -0.05) is 132 Å². The van der Waals surface area contributed by atoms with E-state index in [1.807, 2.05) is 0 Å². The topological polar surface area (TPSA) is 9.23 Å². The van der Waals surface area contributed by atoms with Crippen LogP contribution in [0.4, 0.5) is 0 Å². The Morgan fingerprint density at radius 3 is 1.83 bits per heavy atom. The first kappa shape index (κ1) is 23.1. The number of rotatable bonds is 13. The van der Waals surface area contributed by atoms with Gasteiger partial charge in [0.2, 0.25) is 0 Å². The van der Waals surface area contributed by atoms with Crippen LogP contribution < -0.4 is 0 Å². The number of ether oxygens (including phenoxy) is 1. The van der Waals surface area contributed by atoms with Crippen molar-refractivity contribution in [2.24, 2.45) is 11.8 Å². The van der Waals surface area contributed by atoms with Crippen LogP contribution in [0.5, 0.6) is 0 Å². The molecule has 0 amide bonds. The highest BCUT2D eigenvalue weighted by Gasteiger charge is 2.46. The Morgan fingerprint density at radius 2 is 1.30 bits per heavy atom. The van der Waals surface area contributed by atoms with Crippen LogP contribution in [0.15, 0.2) is 60.7 Å². The normalized spacial score (nSPS) is 16.1. The van der Waals surface area contributed by atoms with Gasteiger partial charge in [-0.3, -0.25) is 0 Å². The summed E-state index contributed by atoms with van der Waals surface area (Å²) in [7, 11) is 0. The minimum Gasteiger partial charge on any atom is -0.366 e. The second-order valence-corrected chi connectivity index (χ2v) is 9.11. The van der Waals surface area contributed by atoms with Crippen molar-refractivity contribution in [1.82, 2.24) is 0 Å². The van der Waals surface area contributed by atoms with E-state index >= 15 is 0 Å². The Morgan fingerprint density at radius 1 is 0.767 bits per heavy atom. The molecule has 164 valence electrons. The van der Waals surface area contributed by atoms with Crippen molar-refractivity contribution >= 4 is 0 Å². The molecule has 1 aliphatic rings. The molecule has 1 saturated carbocycles. The van der Waals surface area contributed by atoms with E-state index in [9.17, 15) is 0 Å². The van der Waals surface area contributed by atoms with Gasteiger partial charge in [0.25, 0.3) is 0 Å². The van der Waals surface area contributed by atoms with Crippen LogP contribution in [0, 0.1) is 11.8 Å². The minimum atomic E-state index is -0.338. The second kappa shape index (κ2) is 12.3. The fourth-order valence-corrected chi connectivity index (χ4v) is 5.74. The predicted molar refractivity (Wildman–Crippen MR) is 129 cm³/mol. The summed E-state index contributed by atoms with van der Waals surface area (Å²) in [5.74, 6) is 1.29. The van der Waals surface area contributed by atoms with Crippen molar-refractivity contribution in [3.8, 4) is 0 Å². The molecule has 30 heavy (non-hydrogen) atoms. The first-order valence-electron chi connectivity index (χ1n) is 12.6. The highest BCUT2D eigenvalue weighted by Crippen LogP contribution is 2.50. The Kier molecular flexibility index (Phi) is 9.46. The SMILES string of the molecule is CCCCCCCCC(C1CCCC1)C(OCC)(c1ccccc1)c1ccccc1. The van der Waals surface area contributed by atoms with E-state index in [1.165, 1.54) is 81.8 Å². The van der Waals surface area contributed by atoms with E-state index in [2.05, 4.69) is 74.5 Å². The van der Waals surface area contributed by atoms with Gasteiger partial charge in [-0.25, -0.2) is 0 Å². The Balaban J connectivity index is 1.95. The van der Waals surface area contributed by atoms with Crippen LogP contribution in [0.25, 0.3) is 0 Å². The van der Waals surface area contributed by atoms with Crippen molar-refractivity contribution < 1.29 is 4.74 Å². The summed E-state index contributed by atoms with van der Waals surface area (Å²) in [5.41, 5.74) is 2.33. The second-order valence-electron chi connectivity index (χ2n) is 9.11. The van der Waals surface area contributed by atoms with E-state index in [-0.39, 0.29) is 5.60 Å². The summed E-state index contributed by atoms with van der Waals surface area (Å²) in [4.78, 5) is 0. The van der Waals surface area contributed by atoms with E-state index in [0.29, 0.717) is 5.92 Å². The third-order valence-corrected chi connectivity index (χ3v) is 7.14. The molecule has 1 nitrogen and oxygen atoms in total. The van der Waals surface area contributed by atoms with Crippen molar-refractivity contribution in [2.75, 3.05) is 6.61 Å². The molecule has 0 saturated heterocycles. The van der Waals surface area contributed by atoms with E-state index in [0.717, 1.165) is 12.5 Å². The molecule has 3 rings (SSSR count). The fourth-order valence-electron chi connectivity index (χ4n) is 5.74. The van der Waals surface area contributed by atoms with Gasteiger partial charge < -0.3 is 4.74 Å². The van der Waals surface area contributed by atoms with E-state index < -0.39 is 0 Å². The fraction of sp³-hybridized carbons (Fsp3) is 0.586. The molecular weight excluding hydrogens is 364 g/mol. The molecule has 0 heterocycles. The molecule has 1 atom stereocenters. The summed E-state index contributed by atoms with van der Waals surface area (Å²) in [6, 6.07) is 22.2. The third-order valence-electron chi connectivity index (χ3n) is 7.14. The van der Waals surface area contributed by atoms with Crippen molar-refractivity contribution in [1.29, 1.82) is 0 Å². The predicted octanol–water partition coefficient (Wildman–Crippen LogP) is 8.52. The average Bonchev–Trinajstić information content (AvgIpc) is 3.33. The zero-order valence-electron chi connectivity index (χ0n) is 19.3. The van der Waals surface area contributed by atoms with Crippen LogP contribution >= 0.6 is 0 Å². The van der Waals surface area contributed by atoms with Gasteiger partial charge in [0.05, 0.1) is 0 Å². The molecule has 1 unspecified atom stereocenters. The molecule has 2 aromatic rings. The monoisotopic (exact) mass is 406 g/mol. The van der Waals surface area contributed by atoms with Crippen LogP contribution in [-0.2, 0) is 10.3 Å². The van der Waals surface area contributed by atoms with Crippen LogP contribution in [0.3, 0.4) is 0 Å². The molecule has 1 fully saturated rings. The molecule has 0 N–H and O–H groups in total. The van der Waals surface area contributed by atoms with Gasteiger partial charge in [-0.15, -0.1) is 0 Å². The van der Waals surface area contributed by atoms with Gasteiger partial charge in [0.15, 0.2) is 0 Å². The summed E-state index contributed by atoms with van der Waals surface area (Å²) >= 11 is 0. The van der Waals surface area contributed by atoms with Gasteiger partial charge in [0.1, 0.15) is 5.60 Å². The summed E-state index contributed by atoms with van der Waals surface area (Å²) in [6.07, 6.45) is 14.9. The highest BCUT2D eigenvalue weighted by molar-refractivity contribution is 5.38. The highest BCUT2D eigenvalue weighted by atomic mass is 16.5. The average molecular weight is 407 g/mol. The van der Waals surface area contributed by atoms with Gasteiger partial charge in [-0.2, -0.15) is 0 Å². The van der Waals surface area contributed by atoms with Crippen LogP contribution in [0.2, 0.25) is 0 Å².